The van der Waals surface area contributed by atoms with E-state index in [1.165, 1.54) is 22.9 Å². The van der Waals surface area contributed by atoms with Crippen LogP contribution >= 0.6 is 23.4 Å². The van der Waals surface area contributed by atoms with Crippen molar-refractivity contribution in [3.63, 3.8) is 0 Å². The van der Waals surface area contributed by atoms with Gasteiger partial charge in [-0.2, -0.15) is 0 Å². The van der Waals surface area contributed by atoms with E-state index in [2.05, 4.69) is 0 Å². The molecule has 0 aliphatic carbocycles. The van der Waals surface area contributed by atoms with Crippen molar-refractivity contribution < 1.29 is 14.0 Å². The molecule has 1 aromatic heterocycles. The summed E-state index contributed by atoms with van der Waals surface area (Å²) < 4.78 is 5.91. The average Bonchev–Trinajstić information content (AvgIpc) is 2.67. The van der Waals surface area contributed by atoms with Crippen LogP contribution in [-0.2, 0) is 4.84 Å². The largest absolute Gasteiger partial charge is 0.447 e. The second-order valence-corrected chi connectivity index (χ2v) is 7.31. The normalized spacial score (nSPS) is 10.8. The molecule has 0 spiro atoms. The van der Waals surface area contributed by atoms with Gasteiger partial charge in [0.25, 0.3) is 0 Å². The van der Waals surface area contributed by atoms with E-state index in [0.717, 1.165) is 5.75 Å². The number of anilines is 1. The van der Waals surface area contributed by atoms with Crippen LogP contribution < -0.4 is 10.5 Å². The molecule has 0 atom stereocenters. The number of carbonyl (C=O) groups is 1. The number of hydroxylamine groups is 1. The fourth-order valence-corrected chi connectivity index (χ4v) is 3.42. The van der Waals surface area contributed by atoms with Crippen molar-refractivity contribution in [1.82, 2.24) is 0 Å². The van der Waals surface area contributed by atoms with Gasteiger partial charge in [0.05, 0.1) is 17.5 Å². The van der Waals surface area contributed by atoms with Gasteiger partial charge in [-0.05, 0) is 36.9 Å². The minimum absolute atomic E-state index is 0.193. The summed E-state index contributed by atoms with van der Waals surface area (Å²) in [5.74, 6) is 0.254. The first-order valence-corrected chi connectivity index (χ1v) is 9.85. The first-order valence-electron chi connectivity index (χ1n) is 8.48. The van der Waals surface area contributed by atoms with E-state index in [1.54, 1.807) is 36.4 Å². The molecule has 0 unspecified atom stereocenters. The predicted molar refractivity (Wildman–Crippen MR) is 109 cm³/mol. The SMILES string of the molecule is CCSc1cc(=O)c2cc(Cl)cc(N(CC)OC(=O)c3ccccc3)c2o1. The Morgan fingerprint density at radius 2 is 1.93 bits per heavy atom. The van der Waals surface area contributed by atoms with E-state index in [-0.39, 0.29) is 5.43 Å². The van der Waals surface area contributed by atoms with E-state index < -0.39 is 5.97 Å². The summed E-state index contributed by atoms with van der Waals surface area (Å²) in [6, 6.07) is 13.3. The smallest absolute Gasteiger partial charge is 0.363 e. The Morgan fingerprint density at radius 3 is 2.59 bits per heavy atom. The van der Waals surface area contributed by atoms with Gasteiger partial charge in [0, 0.05) is 11.1 Å². The van der Waals surface area contributed by atoms with Gasteiger partial charge >= 0.3 is 5.97 Å². The van der Waals surface area contributed by atoms with E-state index in [9.17, 15) is 9.59 Å². The molecule has 3 rings (SSSR count). The predicted octanol–water partition coefficient (Wildman–Crippen LogP) is 5.16. The van der Waals surface area contributed by atoms with Crippen LogP contribution in [0.4, 0.5) is 5.69 Å². The maximum Gasteiger partial charge on any atom is 0.363 e. The lowest BCUT2D eigenvalue weighted by molar-refractivity contribution is 0.0456. The molecule has 0 saturated heterocycles. The van der Waals surface area contributed by atoms with Gasteiger partial charge in [-0.25, -0.2) is 9.86 Å². The molecular weight excluding hydrogens is 386 g/mol. The average molecular weight is 404 g/mol. The molecular formula is C20H18ClNO4S. The Balaban J connectivity index is 2.07. The molecule has 2 aromatic carbocycles. The van der Waals surface area contributed by atoms with E-state index >= 15 is 0 Å². The third-order valence-corrected chi connectivity index (χ3v) is 4.79. The summed E-state index contributed by atoms with van der Waals surface area (Å²) in [5.41, 5.74) is 0.998. The number of rotatable bonds is 6. The highest BCUT2D eigenvalue weighted by molar-refractivity contribution is 7.99. The zero-order valence-electron chi connectivity index (χ0n) is 14.9. The molecule has 5 nitrogen and oxygen atoms in total. The standard InChI is InChI=1S/C20H18ClNO4S/c1-3-22(26-20(24)13-8-6-5-7-9-13)16-11-14(21)10-15-17(23)12-18(27-4-2)25-19(15)16/h5-12H,3-4H2,1-2H3. The molecule has 0 bridgehead atoms. The van der Waals surface area contributed by atoms with Crippen LogP contribution in [0.1, 0.15) is 24.2 Å². The van der Waals surface area contributed by atoms with Crippen LogP contribution in [0.25, 0.3) is 11.0 Å². The highest BCUT2D eigenvalue weighted by atomic mass is 35.5. The quantitative estimate of drug-likeness (QED) is 0.418. The first kappa shape index (κ1) is 19.3. The summed E-state index contributed by atoms with van der Waals surface area (Å²) in [6.07, 6.45) is 0. The molecule has 1 heterocycles. The third kappa shape index (κ3) is 4.28. The zero-order valence-corrected chi connectivity index (χ0v) is 16.5. The van der Waals surface area contributed by atoms with Crippen molar-refractivity contribution in [3.05, 3.63) is 69.3 Å². The maximum atomic E-state index is 12.5. The monoisotopic (exact) mass is 403 g/mol. The Labute approximate surface area is 165 Å². The molecule has 7 heteroatoms. The number of halogens is 1. The number of fused-ring (bicyclic) bond motifs is 1. The van der Waals surface area contributed by atoms with Crippen molar-refractivity contribution in [2.24, 2.45) is 0 Å². The second-order valence-electron chi connectivity index (χ2n) is 5.60. The lowest BCUT2D eigenvalue weighted by atomic mass is 10.2. The highest BCUT2D eigenvalue weighted by Gasteiger charge is 2.19. The van der Waals surface area contributed by atoms with Crippen LogP contribution in [0.3, 0.4) is 0 Å². The minimum atomic E-state index is -0.507. The first-order chi connectivity index (χ1) is 13.0. The Hall–Kier alpha value is -2.44. The molecule has 0 fully saturated rings. The summed E-state index contributed by atoms with van der Waals surface area (Å²) in [6.45, 7) is 4.15. The fraction of sp³-hybridized carbons (Fsp3) is 0.200. The van der Waals surface area contributed by atoms with Gasteiger partial charge in [-0.15, -0.1) is 0 Å². The molecule has 0 amide bonds. The summed E-state index contributed by atoms with van der Waals surface area (Å²) >= 11 is 7.62. The third-order valence-electron chi connectivity index (χ3n) is 3.80. The number of thioether (sulfide) groups is 1. The van der Waals surface area contributed by atoms with Crippen molar-refractivity contribution in [2.75, 3.05) is 17.4 Å². The molecule has 140 valence electrons. The van der Waals surface area contributed by atoms with E-state index in [0.29, 0.717) is 38.9 Å². The number of benzene rings is 2. The van der Waals surface area contributed by atoms with Gasteiger partial charge in [0.15, 0.2) is 16.1 Å². The van der Waals surface area contributed by atoms with Crippen molar-refractivity contribution in [2.45, 2.75) is 18.9 Å². The maximum absolute atomic E-state index is 12.5. The Bertz CT molecular complexity index is 1020. The van der Waals surface area contributed by atoms with Gasteiger partial charge in [0.2, 0.25) is 0 Å². The second kappa shape index (κ2) is 8.50. The molecule has 0 radical (unpaired) electrons. The molecule has 0 saturated carbocycles. The number of nitrogens with zero attached hydrogens (tertiary/aromatic N) is 1. The number of hydrogen-bond acceptors (Lipinski definition) is 6. The van der Waals surface area contributed by atoms with Crippen molar-refractivity contribution >= 4 is 46.0 Å². The van der Waals surface area contributed by atoms with Crippen molar-refractivity contribution in [1.29, 1.82) is 0 Å². The van der Waals surface area contributed by atoms with Gasteiger partial charge in [-0.3, -0.25) is 4.79 Å². The molecule has 0 aliphatic heterocycles. The van der Waals surface area contributed by atoms with Gasteiger partial charge in [-0.1, -0.05) is 48.5 Å². The highest BCUT2D eigenvalue weighted by Crippen LogP contribution is 2.32. The number of hydrogen-bond donors (Lipinski definition) is 0. The molecule has 0 aliphatic rings. The van der Waals surface area contributed by atoms with Crippen LogP contribution in [0, 0.1) is 0 Å². The van der Waals surface area contributed by atoms with Crippen LogP contribution in [-0.4, -0.2) is 18.3 Å². The summed E-state index contributed by atoms with van der Waals surface area (Å²) in [7, 11) is 0. The lowest BCUT2D eigenvalue weighted by Crippen LogP contribution is -2.27. The lowest BCUT2D eigenvalue weighted by Gasteiger charge is -2.22. The Morgan fingerprint density at radius 1 is 1.19 bits per heavy atom. The zero-order chi connectivity index (χ0) is 19.4. The van der Waals surface area contributed by atoms with Crippen molar-refractivity contribution in [3.8, 4) is 0 Å². The number of carbonyl (C=O) groups excluding carboxylic acids is 1. The molecule has 3 aromatic rings. The minimum Gasteiger partial charge on any atom is -0.447 e. The van der Waals surface area contributed by atoms with Gasteiger partial charge in [0.1, 0.15) is 5.69 Å². The van der Waals surface area contributed by atoms with Crippen LogP contribution in [0.5, 0.6) is 0 Å². The fourth-order valence-electron chi connectivity index (χ4n) is 2.59. The molecule has 27 heavy (non-hydrogen) atoms. The summed E-state index contributed by atoms with van der Waals surface area (Å²) in [5, 5.41) is 2.58. The van der Waals surface area contributed by atoms with Gasteiger partial charge < -0.3 is 9.25 Å². The van der Waals surface area contributed by atoms with Crippen LogP contribution in [0.2, 0.25) is 5.02 Å². The molecule has 0 N–H and O–H groups in total. The van der Waals surface area contributed by atoms with E-state index in [4.69, 9.17) is 20.9 Å². The topological polar surface area (TPSA) is 59.8 Å². The van der Waals surface area contributed by atoms with E-state index in [1.807, 2.05) is 19.9 Å². The summed E-state index contributed by atoms with van der Waals surface area (Å²) in [4.78, 5) is 30.5. The van der Waals surface area contributed by atoms with Crippen LogP contribution in [0.15, 0.2) is 62.8 Å². The Kier molecular flexibility index (Phi) is 6.08.